The fourth-order valence-electron chi connectivity index (χ4n) is 4.04. The molecule has 0 aromatic heterocycles. The summed E-state index contributed by atoms with van der Waals surface area (Å²) < 4.78 is 5.40. The molecule has 0 aliphatic carbocycles. The Morgan fingerprint density at radius 1 is 1.07 bits per heavy atom. The van der Waals surface area contributed by atoms with Crippen LogP contribution in [-0.4, -0.2) is 61.1 Å². The number of carbonyl (C=O) groups is 2. The highest BCUT2D eigenvalue weighted by atomic mass is 35.5. The highest BCUT2D eigenvalue weighted by Gasteiger charge is 2.46. The molecular weight excluding hydrogens is 404 g/mol. The third kappa shape index (κ3) is 4.12. The first-order valence-corrected chi connectivity index (χ1v) is 10.4. The predicted octanol–water partition coefficient (Wildman–Crippen LogP) is 1.68. The molecule has 0 saturated carbocycles. The van der Waals surface area contributed by atoms with Gasteiger partial charge >= 0.3 is 0 Å². The zero-order chi connectivity index (χ0) is 21.1. The van der Waals surface area contributed by atoms with E-state index in [1.54, 1.807) is 53.4 Å². The number of morpholine rings is 1. The lowest BCUT2D eigenvalue weighted by Crippen LogP contribution is -3.14. The lowest BCUT2D eigenvalue weighted by molar-refractivity contribution is -0.907. The van der Waals surface area contributed by atoms with Crippen LogP contribution in [0.2, 0.25) is 5.02 Å². The number of quaternary nitrogens is 1. The van der Waals surface area contributed by atoms with Gasteiger partial charge in [-0.15, -0.1) is 0 Å². The largest absolute Gasteiger partial charge is 0.507 e. The summed E-state index contributed by atoms with van der Waals surface area (Å²) in [5.74, 6) is -1.40. The van der Waals surface area contributed by atoms with Crippen molar-refractivity contribution in [2.24, 2.45) is 0 Å². The predicted molar refractivity (Wildman–Crippen MR) is 113 cm³/mol. The Balaban J connectivity index is 1.72. The summed E-state index contributed by atoms with van der Waals surface area (Å²) in [6.45, 7) is 4.27. The van der Waals surface area contributed by atoms with Crippen molar-refractivity contribution in [2.45, 2.75) is 6.04 Å². The Labute approximate surface area is 180 Å². The number of benzene rings is 2. The van der Waals surface area contributed by atoms with Crippen LogP contribution in [0.4, 0.5) is 0 Å². The average molecular weight is 428 g/mol. The molecule has 156 valence electrons. The summed E-state index contributed by atoms with van der Waals surface area (Å²) in [4.78, 5) is 28.8. The summed E-state index contributed by atoms with van der Waals surface area (Å²) in [5, 5.41) is 11.5. The molecule has 0 unspecified atom stereocenters. The lowest BCUT2D eigenvalue weighted by Gasteiger charge is -2.29. The monoisotopic (exact) mass is 427 g/mol. The second-order valence-electron chi connectivity index (χ2n) is 7.52. The average Bonchev–Trinajstić information content (AvgIpc) is 3.04. The number of amides is 1. The van der Waals surface area contributed by atoms with E-state index in [1.807, 2.05) is 6.07 Å². The van der Waals surface area contributed by atoms with Gasteiger partial charge in [0, 0.05) is 10.6 Å². The fourth-order valence-corrected chi connectivity index (χ4v) is 4.17. The highest BCUT2D eigenvalue weighted by molar-refractivity contribution is 6.46. The van der Waals surface area contributed by atoms with Crippen molar-refractivity contribution in [2.75, 3.05) is 39.4 Å². The Kier molecular flexibility index (Phi) is 6.18. The summed E-state index contributed by atoms with van der Waals surface area (Å²) in [6, 6.07) is 15.2. The van der Waals surface area contributed by atoms with Crippen LogP contribution in [0.5, 0.6) is 0 Å². The number of Topliss-reactive ketones (excluding diaryl/α,β-unsaturated/α-hetero) is 1. The van der Waals surface area contributed by atoms with Gasteiger partial charge in [-0.25, -0.2) is 0 Å². The van der Waals surface area contributed by atoms with Gasteiger partial charge in [0.1, 0.15) is 18.8 Å². The number of hydrogen-bond acceptors (Lipinski definition) is 4. The van der Waals surface area contributed by atoms with Crippen LogP contribution >= 0.6 is 11.6 Å². The summed E-state index contributed by atoms with van der Waals surface area (Å²) in [7, 11) is 0. The molecular formula is C23H24ClN2O4+. The van der Waals surface area contributed by atoms with Crippen molar-refractivity contribution in [3.63, 3.8) is 0 Å². The molecule has 2 aromatic carbocycles. The maximum atomic E-state index is 13.0. The van der Waals surface area contributed by atoms with E-state index in [9.17, 15) is 14.7 Å². The summed E-state index contributed by atoms with van der Waals surface area (Å²) >= 11 is 6.05. The van der Waals surface area contributed by atoms with Crippen molar-refractivity contribution in [1.29, 1.82) is 0 Å². The minimum atomic E-state index is -0.659. The first-order chi connectivity index (χ1) is 14.6. The first-order valence-electron chi connectivity index (χ1n) is 10.1. The molecule has 0 bridgehead atoms. The van der Waals surface area contributed by atoms with Gasteiger partial charge in [-0.05, 0) is 17.7 Å². The smallest absolute Gasteiger partial charge is 0.295 e. The third-order valence-corrected chi connectivity index (χ3v) is 5.93. The number of ketones is 1. The SMILES string of the molecule is O=C1C(=O)N(CC[NH+]2CCOCC2)[C@@H](c2ccc(Cl)cc2)C1=C(O)c1ccccc1. The molecule has 2 heterocycles. The van der Waals surface area contributed by atoms with Crippen molar-refractivity contribution < 1.29 is 24.3 Å². The highest BCUT2D eigenvalue weighted by Crippen LogP contribution is 2.39. The molecule has 6 nitrogen and oxygen atoms in total. The third-order valence-electron chi connectivity index (χ3n) is 5.68. The van der Waals surface area contributed by atoms with Gasteiger partial charge in [0.05, 0.1) is 37.9 Å². The van der Waals surface area contributed by atoms with Crippen LogP contribution in [0.15, 0.2) is 60.2 Å². The minimum Gasteiger partial charge on any atom is -0.507 e. The van der Waals surface area contributed by atoms with Crippen molar-refractivity contribution in [3.8, 4) is 0 Å². The minimum absolute atomic E-state index is 0.116. The Bertz CT molecular complexity index is 953. The van der Waals surface area contributed by atoms with E-state index in [2.05, 4.69) is 0 Å². The molecule has 2 N–H and O–H groups in total. The van der Waals surface area contributed by atoms with Crippen LogP contribution in [0, 0.1) is 0 Å². The van der Waals surface area contributed by atoms with Gasteiger partial charge in [0.2, 0.25) is 0 Å². The number of likely N-dealkylation sites (tertiary alicyclic amines) is 1. The maximum Gasteiger partial charge on any atom is 0.295 e. The number of halogens is 1. The number of aliphatic hydroxyl groups is 1. The van der Waals surface area contributed by atoms with E-state index in [4.69, 9.17) is 16.3 Å². The molecule has 2 saturated heterocycles. The quantitative estimate of drug-likeness (QED) is 0.432. The number of nitrogens with one attached hydrogen (secondary N) is 1. The Hall–Kier alpha value is -2.67. The van der Waals surface area contributed by atoms with Crippen molar-refractivity contribution in [1.82, 2.24) is 4.90 Å². The molecule has 7 heteroatoms. The van der Waals surface area contributed by atoms with Gasteiger partial charge in [-0.2, -0.15) is 0 Å². The molecule has 1 amide bonds. The van der Waals surface area contributed by atoms with Gasteiger partial charge in [-0.1, -0.05) is 54.1 Å². The molecule has 0 radical (unpaired) electrons. The lowest BCUT2D eigenvalue weighted by atomic mass is 9.95. The Morgan fingerprint density at radius 2 is 1.73 bits per heavy atom. The molecule has 0 spiro atoms. The van der Waals surface area contributed by atoms with Crippen LogP contribution in [0.25, 0.3) is 5.76 Å². The number of carbonyl (C=O) groups excluding carboxylic acids is 2. The van der Waals surface area contributed by atoms with Crippen LogP contribution < -0.4 is 4.90 Å². The van der Waals surface area contributed by atoms with Crippen molar-refractivity contribution in [3.05, 3.63) is 76.3 Å². The number of aliphatic hydroxyl groups excluding tert-OH is 1. The standard InChI is InChI=1S/C23H23ClN2O4/c24-18-8-6-16(7-9-18)20-19(21(27)17-4-2-1-3-5-17)22(28)23(29)26(20)11-10-25-12-14-30-15-13-25/h1-9,20,27H,10-15H2/p+1/t20-/m0/s1. The molecule has 2 aromatic rings. The molecule has 2 aliphatic rings. The number of rotatable bonds is 5. The Morgan fingerprint density at radius 3 is 2.40 bits per heavy atom. The van der Waals surface area contributed by atoms with E-state index >= 15 is 0 Å². The molecule has 30 heavy (non-hydrogen) atoms. The van der Waals surface area contributed by atoms with Crippen LogP contribution in [0.3, 0.4) is 0 Å². The normalized spacial score (nSPS) is 21.9. The number of ether oxygens (including phenoxy) is 1. The van der Waals surface area contributed by atoms with E-state index < -0.39 is 17.7 Å². The van der Waals surface area contributed by atoms with E-state index in [0.29, 0.717) is 36.9 Å². The van der Waals surface area contributed by atoms with Crippen LogP contribution in [-0.2, 0) is 14.3 Å². The molecule has 1 atom stereocenters. The first kappa shape index (κ1) is 20.6. The zero-order valence-electron chi connectivity index (χ0n) is 16.5. The van der Waals surface area contributed by atoms with E-state index in [1.165, 1.54) is 4.90 Å². The fraction of sp³-hybridized carbons (Fsp3) is 0.304. The molecule has 2 aliphatic heterocycles. The summed E-state index contributed by atoms with van der Waals surface area (Å²) in [6.07, 6.45) is 0. The zero-order valence-corrected chi connectivity index (χ0v) is 17.3. The van der Waals surface area contributed by atoms with E-state index in [0.717, 1.165) is 18.7 Å². The van der Waals surface area contributed by atoms with Crippen molar-refractivity contribution >= 4 is 29.1 Å². The van der Waals surface area contributed by atoms with Gasteiger partial charge in [0.15, 0.2) is 0 Å². The summed E-state index contributed by atoms with van der Waals surface area (Å²) in [5.41, 5.74) is 1.37. The molecule has 4 rings (SSSR count). The van der Waals surface area contributed by atoms with Gasteiger partial charge in [-0.3, -0.25) is 9.59 Å². The second-order valence-corrected chi connectivity index (χ2v) is 7.96. The number of hydrogen-bond donors (Lipinski definition) is 2. The van der Waals surface area contributed by atoms with Crippen LogP contribution in [0.1, 0.15) is 17.2 Å². The second kappa shape index (κ2) is 9.00. The topological polar surface area (TPSA) is 71.3 Å². The van der Waals surface area contributed by atoms with E-state index in [-0.39, 0.29) is 11.3 Å². The van der Waals surface area contributed by atoms with Gasteiger partial charge < -0.3 is 19.6 Å². The maximum absolute atomic E-state index is 13.0. The molecule has 2 fully saturated rings. The number of nitrogens with zero attached hydrogens (tertiary/aromatic N) is 1. The van der Waals surface area contributed by atoms with Gasteiger partial charge in [0.25, 0.3) is 11.7 Å².